The third kappa shape index (κ3) is 33.6. The molecule has 0 spiro atoms. The van der Waals surface area contributed by atoms with E-state index >= 15 is 0 Å². The van der Waals surface area contributed by atoms with E-state index in [4.69, 9.17) is 23.7 Å². The number of likely N-dealkylation sites (tertiary alicyclic amines) is 1. The minimum Gasteiger partial charge on any atom is -0.465 e. The number of ether oxygens (including phenoxy) is 5. The van der Waals surface area contributed by atoms with Crippen molar-refractivity contribution in [3.8, 4) is 0 Å². The standard InChI is InChI=1S/C49H89NO8/c1-5-8-11-14-17-18-19-20-21-22-23-24-25-26-29-34-46(51)56-41-44(43-58-49(53)45-33-32-37-50(4)40-45)42-57-47(52)35-36-48(54-38-30-27-15-12-9-6-2)55-39-31-28-16-13-10-7-3/h17-18,20-21,44-45,48H,5-16,19,22-43H2,1-4H3/b18-17-,21-20-. The molecule has 0 bridgehead atoms. The number of hydrogen-bond donors (Lipinski definition) is 0. The normalized spacial score (nSPS) is 15.4. The van der Waals surface area contributed by atoms with E-state index in [0.29, 0.717) is 32.6 Å². The number of rotatable bonds is 40. The molecular formula is C49H89NO8. The predicted octanol–water partition coefficient (Wildman–Crippen LogP) is 12.2. The molecule has 1 rings (SSSR count). The summed E-state index contributed by atoms with van der Waals surface area (Å²) in [6.45, 7) is 9.65. The SMILES string of the molecule is CCCCC/C=C\C/C=C\CCCCCCCC(=O)OCC(COC(=O)CCC(OCCCCCCCC)OCCCCCCCC)COC(=O)C1CCCN(C)C1. The van der Waals surface area contributed by atoms with Gasteiger partial charge in [0.2, 0.25) is 0 Å². The number of esters is 3. The summed E-state index contributed by atoms with van der Waals surface area (Å²) in [5, 5.41) is 0. The first-order valence-corrected chi connectivity index (χ1v) is 24.1. The van der Waals surface area contributed by atoms with E-state index in [1.54, 1.807) is 0 Å². The summed E-state index contributed by atoms with van der Waals surface area (Å²) >= 11 is 0. The number of unbranched alkanes of at least 4 members (excludes halogenated alkanes) is 18. The first-order chi connectivity index (χ1) is 28.4. The van der Waals surface area contributed by atoms with Gasteiger partial charge in [-0.05, 0) is 77.8 Å². The average Bonchev–Trinajstić information content (AvgIpc) is 3.22. The number of hydrogen-bond acceptors (Lipinski definition) is 9. The Balaban J connectivity index is 2.51. The Hall–Kier alpha value is -2.23. The number of nitrogens with zero attached hydrogens (tertiary/aromatic N) is 1. The zero-order valence-electron chi connectivity index (χ0n) is 38.0. The molecule has 58 heavy (non-hydrogen) atoms. The summed E-state index contributed by atoms with van der Waals surface area (Å²) in [6, 6.07) is 0. The van der Waals surface area contributed by atoms with Gasteiger partial charge in [-0.3, -0.25) is 14.4 Å². The van der Waals surface area contributed by atoms with Gasteiger partial charge in [-0.1, -0.05) is 141 Å². The van der Waals surface area contributed by atoms with Gasteiger partial charge in [0, 0.05) is 32.6 Å². The van der Waals surface area contributed by atoms with Crippen molar-refractivity contribution in [3.05, 3.63) is 24.3 Å². The highest BCUT2D eigenvalue weighted by atomic mass is 16.7. The molecule has 2 unspecified atom stereocenters. The van der Waals surface area contributed by atoms with Gasteiger partial charge in [-0.2, -0.15) is 0 Å². The molecule has 0 aromatic heterocycles. The van der Waals surface area contributed by atoms with E-state index in [9.17, 15) is 14.4 Å². The van der Waals surface area contributed by atoms with Crippen LogP contribution in [0.25, 0.3) is 0 Å². The van der Waals surface area contributed by atoms with Gasteiger partial charge in [0.25, 0.3) is 0 Å². The lowest BCUT2D eigenvalue weighted by atomic mass is 9.99. The summed E-state index contributed by atoms with van der Waals surface area (Å²) in [6.07, 6.45) is 37.9. The highest BCUT2D eigenvalue weighted by Gasteiger charge is 2.27. The van der Waals surface area contributed by atoms with Gasteiger partial charge < -0.3 is 28.6 Å². The molecule has 9 heteroatoms. The van der Waals surface area contributed by atoms with Crippen LogP contribution in [0.4, 0.5) is 0 Å². The van der Waals surface area contributed by atoms with E-state index in [1.807, 2.05) is 7.05 Å². The van der Waals surface area contributed by atoms with Crippen LogP contribution in [0, 0.1) is 11.8 Å². The van der Waals surface area contributed by atoms with Crippen LogP contribution in [0.3, 0.4) is 0 Å². The Labute approximate surface area is 356 Å². The van der Waals surface area contributed by atoms with Crippen LogP contribution >= 0.6 is 0 Å². The molecule has 1 aliphatic heterocycles. The average molecular weight is 820 g/mol. The van der Waals surface area contributed by atoms with Crippen molar-refractivity contribution in [3.63, 3.8) is 0 Å². The number of carbonyl (C=O) groups is 3. The largest absolute Gasteiger partial charge is 0.465 e. The predicted molar refractivity (Wildman–Crippen MR) is 238 cm³/mol. The van der Waals surface area contributed by atoms with Gasteiger partial charge in [0.05, 0.1) is 18.3 Å². The number of carbonyl (C=O) groups excluding carboxylic acids is 3. The van der Waals surface area contributed by atoms with E-state index in [-0.39, 0.29) is 50.1 Å². The fourth-order valence-corrected chi connectivity index (χ4v) is 7.11. The summed E-state index contributed by atoms with van der Waals surface area (Å²) in [7, 11) is 2.01. The minimum absolute atomic E-state index is 0.00948. The van der Waals surface area contributed by atoms with Crippen LogP contribution < -0.4 is 0 Å². The van der Waals surface area contributed by atoms with E-state index in [0.717, 1.165) is 90.0 Å². The Morgan fingerprint density at radius 3 is 1.66 bits per heavy atom. The van der Waals surface area contributed by atoms with Crippen LogP contribution in [0.5, 0.6) is 0 Å². The molecule has 0 aliphatic carbocycles. The molecule has 1 aliphatic rings. The lowest BCUT2D eigenvalue weighted by Crippen LogP contribution is -2.37. The molecule has 0 amide bonds. The maximum Gasteiger partial charge on any atom is 0.310 e. The molecule has 0 aromatic rings. The molecule has 2 atom stereocenters. The fourth-order valence-electron chi connectivity index (χ4n) is 7.11. The Bertz CT molecular complexity index is 1010. The molecule has 1 saturated heterocycles. The highest BCUT2D eigenvalue weighted by molar-refractivity contribution is 5.73. The quantitative estimate of drug-likeness (QED) is 0.0197. The molecule has 0 N–H and O–H groups in total. The maximum atomic E-state index is 13.0. The number of piperidine rings is 1. The van der Waals surface area contributed by atoms with Crippen molar-refractivity contribution in [2.24, 2.45) is 11.8 Å². The monoisotopic (exact) mass is 820 g/mol. The van der Waals surface area contributed by atoms with E-state index in [2.05, 4.69) is 50.0 Å². The van der Waals surface area contributed by atoms with Crippen molar-refractivity contribution in [2.75, 3.05) is 53.2 Å². The van der Waals surface area contributed by atoms with Crippen molar-refractivity contribution >= 4 is 17.9 Å². The maximum absolute atomic E-state index is 13.0. The van der Waals surface area contributed by atoms with Crippen LogP contribution in [-0.4, -0.2) is 82.3 Å². The summed E-state index contributed by atoms with van der Waals surface area (Å²) in [5.74, 6) is -1.49. The van der Waals surface area contributed by atoms with Gasteiger partial charge >= 0.3 is 17.9 Å². The highest BCUT2D eigenvalue weighted by Crippen LogP contribution is 2.18. The second-order valence-electron chi connectivity index (χ2n) is 16.7. The Kier molecular flexibility index (Phi) is 37.3. The van der Waals surface area contributed by atoms with Crippen molar-refractivity contribution < 1.29 is 38.1 Å². The topological polar surface area (TPSA) is 101 Å². The van der Waals surface area contributed by atoms with E-state index in [1.165, 1.54) is 77.0 Å². The molecule has 1 heterocycles. The van der Waals surface area contributed by atoms with Crippen LogP contribution in [0.1, 0.15) is 201 Å². The van der Waals surface area contributed by atoms with Crippen molar-refractivity contribution in [2.45, 2.75) is 207 Å². The second kappa shape index (κ2) is 40.2. The second-order valence-corrected chi connectivity index (χ2v) is 16.7. The molecule has 338 valence electrons. The first kappa shape index (κ1) is 53.8. The third-order valence-corrected chi connectivity index (χ3v) is 10.9. The Morgan fingerprint density at radius 2 is 1.07 bits per heavy atom. The van der Waals surface area contributed by atoms with Gasteiger partial charge in [0.1, 0.15) is 19.8 Å². The van der Waals surface area contributed by atoms with Crippen molar-refractivity contribution in [1.29, 1.82) is 0 Å². The zero-order valence-corrected chi connectivity index (χ0v) is 38.0. The minimum atomic E-state index is -0.445. The molecule has 9 nitrogen and oxygen atoms in total. The van der Waals surface area contributed by atoms with Crippen LogP contribution in [0.15, 0.2) is 24.3 Å². The van der Waals surface area contributed by atoms with E-state index < -0.39 is 12.2 Å². The smallest absolute Gasteiger partial charge is 0.310 e. The molecule has 0 aromatic carbocycles. The van der Waals surface area contributed by atoms with Gasteiger partial charge in [-0.15, -0.1) is 0 Å². The van der Waals surface area contributed by atoms with Crippen LogP contribution in [-0.2, 0) is 38.1 Å². The molecular weight excluding hydrogens is 731 g/mol. The third-order valence-electron chi connectivity index (χ3n) is 10.9. The molecule has 1 fully saturated rings. The summed E-state index contributed by atoms with van der Waals surface area (Å²) in [4.78, 5) is 40.7. The molecule has 0 radical (unpaired) electrons. The van der Waals surface area contributed by atoms with Gasteiger partial charge in [-0.25, -0.2) is 0 Å². The summed E-state index contributed by atoms with van der Waals surface area (Å²) in [5.41, 5.74) is 0. The fraction of sp³-hybridized carbons (Fsp3) is 0.857. The van der Waals surface area contributed by atoms with Gasteiger partial charge in [0.15, 0.2) is 6.29 Å². The zero-order chi connectivity index (χ0) is 42.2. The van der Waals surface area contributed by atoms with Crippen molar-refractivity contribution in [1.82, 2.24) is 4.90 Å². The lowest BCUT2D eigenvalue weighted by molar-refractivity contribution is -0.162. The molecule has 0 saturated carbocycles. The van der Waals surface area contributed by atoms with Crippen LogP contribution in [0.2, 0.25) is 0 Å². The first-order valence-electron chi connectivity index (χ1n) is 24.1. The Morgan fingerprint density at radius 1 is 0.586 bits per heavy atom. The summed E-state index contributed by atoms with van der Waals surface area (Å²) < 4.78 is 29.2. The number of allylic oxidation sites excluding steroid dienone is 4. The lowest BCUT2D eigenvalue weighted by Gasteiger charge is -2.28.